The minimum absolute atomic E-state index is 0.00188. The molecule has 0 aliphatic carbocycles. The number of amides is 2. The standard InChI is InChI=1S/C20H25NO2.C13H13ClN2O2S/c1-3-21(4-2)16-15-19(17-11-7-5-8-12-17)23-20(22)18-13-9-6-10-14-18;1-8-4-3-5-9(14)13(8)15-10(17)6-12-16(2)11(18)7-19-12/h5-14,19H,3-4,15-16H2,1-2H3;3-6H,7H2,1-2H3,(H,15,17)/b;12-6-. The predicted octanol–water partition coefficient (Wildman–Crippen LogP) is 6.95. The zero-order valence-electron chi connectivity index (χ0n) is 24.5. The van der Waals surface area contributed by atoms with Crippen molar-refractivity contribution in [2.24, 2.45) is 0 Å². The Morgan fingerprint density at radius 1 is 1.02 bits per heavy atom. The summed E-state index contributed by atoms with van der Waals surface area (Å²) in [6, 6.07) is 24.6. The van der Waals surface area contributed by atoms with Gasteiger partial charge >= 0.3 is 5.97 Å². The molecule has 4 rings (SSSR count). The van der Waals surface area contributed by atoms with E-state index in [0.29, 0.717) is 27.1 Å². The Kier molecular flexibility index (Phi) is 13.1. The number of para-hydroxylation sites is 1. The zero-order chi connectivity index (χ0) is 30.5. The van der Waals surface area contributed by atoms with Crippen molar-refractivity contribution in [2.75, 3.05) is 37.8 Å². The number of hydrogen-bond donors (Lipinski definition) is 1. The quantitative estimate of drug-likeness (QED) is 0.198. The first kappa shape index (κ1) is 32.9. The minimum Gasteiger partial charge on any atom is -0.454 e. The van der Waals surface area contributed by atoms with Gasteiger partial charge < -0.3 is 19.9 Å². The lowest BCUT2D eigenvalue weighted by molar-refractivity contribution is -0.124. The third kappa shape index (κ3) is 9.76. The second kappa shape index (κ2) is 16.8. The lowest BCUT2D eigenvalue weighted by atomic mass is 10.1. The van der Waals surface area contributed by atoms with E-state index in [1.165, 1.54) is 22.7 Å². The molecule has 42 heavy (non-hydrogen) atoms. The normalized spacial score (nSPS) is 14.4. The summed E-state index contributed by atoms with van der Waals surface area (Å²) in [6.07, 6.45) is 1.99. The van der Waals surface area contributed by atoms with Crippen molar-refractivity contribution in [1.29, 1.82) is 0 Å². The molecule has 0 aromatic heterocycles. The fourth-order valence-electron chi connectivity index (χ4n) is 4.22. The number of nitrogens with one attached hydrogen (secondary N) is 1. The predicted molar refractivity (Wildman–Crippen MR) is 172 cm³/mol. The number of benzene rings is 3. The molecule has 7 nitrogen and oxygen atoms in total. The molecular weight excluding hydrogens is 570 g/mol. The number of ether oxygens (including phenoxy) is 1. The summed E-state index contributed by atoms with van der Waals surface area (Å²) in [5.74, 6) is -0.182. The van der Waals surface area contributed by atoms with Gasteiger partial charge in [-0.2, -0.15) is 0 Å². The van der Waals surface area contributed by atoms with Crippen molar-refractivity contribution < 1.29 is 19.1 Å². The number of halogens is 1. The van der Waals surface area contributed by atoms with Crippen LogP contribution < -0.4 is 5.32 Å². The highest BCUT2D eigenvalue weighted by Crippen LogP contribution is 2.28. The Bertz CT molecular complexity index is 1340. The summed E-state index contributed by atoms with van der Waals surface area (Å²) in [7, 11) is 1.65. The number of thioether (sulfide) groups is 1. The molecule has 3 aromatic carbocycles. The molecule has 1 heterocycles. The van der Waals surface area contributed by atoms with E-state index in [2.05, 4.69) is 24.1 Å². The van der Waals surface area contributed by atoms with Gasteiger partial charge in [-0.15, -0.1) is 0 Å². The molecule has 0 spiro atoms. The second-order valence-electron chi connectivity index (χ2n) is 9.63. The van der Waals surface area contributed by atoms with Crippen LogP contribution in [0.15, 0.2) is 90.0 Å². The van der Waals surface area contributed by atoms with Crippen LogP contribution >= 0.6 is 23.4 Å². The van der Waals surface area contributed by atoms with Crippen molar-refractivity contribution in [3.8, 4) is 0 Å². The van der Waals surface area contributed by atoms with Crippen molar-refractivity contribution >= 4 is 46.8 Å². The monoisotopic (exact) mass is 607 g/mol. The number of nitrogens with zero attached hydrogens (tertiary/aromatic N) is 2. The molecule has 1 fully saturated rings. The van der Waals surface area contributed by atoms with Crippen molar-refractivity contribution in [3.05, 3.63) is 112 Å². The van der Waals surface area contributed by atoms with Crippen LogP contribution in [0.1, 0.15) is 47.9 Å². The van der Waals surface area contributed by atoms with E-state index in [1.54, 1.807) is 25.2 Å². The summed E-state index contributed by atoms with van der Waals surface area (Å²) in [4.78, 5) is 39.5. The van der Waals surface area contributed by atoms with Crippen LogP contribution in [0.5, 0.6) is 0 Å². The molecule has 1 atom stereocenters. The Balaban J connectivity index is 0.000000235. The number of hydrogen-bond acceptors (Lipinski definition) is 6. The maximum atomic E-state index is 12.4. The molecule has 1 aliphatic rings. The highest BCUT2D eigenvalue weighted by Gasteiger charge is 2.23. The van der Waals surface area contributed by atoms with Gasteiger partial charge in [-0.25, -0.2) is 4.79 Å². The first-order chi connectivity index (χ1) is 20.2. The van der Waals surface area contributed by atoms with Crippen molar-refractivity contribution in [2.45, 2.75) is 33.3 Å². The summed E-state index contributed by atoms with van der Waals surface area (Å²) < 4.78 is 5.80. The molecule has 2 amide bonds. The van der Waals surface area contributed by atoms with Crippen LogP contribution in [0.2, 0.25) is 5.02 Å². The van der Waals surface area contributed by atoms with Gasteiger partial charge in [0, 0.05) is 26.1 Å². The molecule has 1 unspecified atom stereocenters. The molecule has 1 saturated heterocycles. The smallest absolute Gasteiger partial charge is 0.338 e. The van der Waals surface area contributed by atoms with Crippen LogP contribution in [-0.2, 0) is 14.3 Å². The average molecular weight is 608 g/mol. The van der Waals surface area contributed by atoms with Crippen LogP contribution in [0, 0.1) is 6.92 Å². The summed E-state index contributed by atoms with van der Waals surface area (Å²) in [5.41, 5.74) is 3.13. The van der Waals surface area contributed by atoms with Crippen molar-refractivity contribution in [3.63, 3.8) is 0 Å². The fourth-order valence-corrected chi connectivity index (χ4v) is 5.44. The number of esters is 1. The fraction of sp³-hybridized carbons (Fsp3) is 0.303. The molecule has 222 valence electrons. The number of anilines is 1. The van der Waals surface area contributed by atoms with E-state index >= 15 is 0 Å². The third-order valence-electron chi connectivity index (χ3n) is 6.81. The second-order valence-corrected chi connectivity index (χ2v) is 11.0. The largest absolute Gasteiger partial charge is 0.454 e. The SMILES string of the molecule is CCN(CC)CCC(OC(=O)c1ccccc1)c1ccccc1.Cc1cccc(Cl)c1NC(=O)/C=C1\SCC(=O)N1C. The summed E-state index contributed by atoms with van der Waals surface area (Å²) in [6.45, 7) is 9.09. The molecule has 0 bridgehead atoms. The Labute approximate surface area is 257 Å². The minimum atomic E-state index is -0.291. The van der Waals surface area contributed by atoms with Gasteiger partial charge in [0.05, 0.1) is 27.1 Å². The van der Waals surface area contributed by atoms with E-state index in [4.69, 9.17) is 16.3 Å². The van der Waals surface area contributed by atoms with E-state index < -0.39 is 0 Å². The number of carbonyl (C=O) groups excluding carboxylic acids is 3. The van der Waals surface area contributed by atoms with E-state index in [0.717, 1.165) is 37.2 Å². The van der Waals surface area contributed by atoms with E-state index in [1.807, 2.05) is 67.6 Å². The topological polar surface area (TPSA) is 79.0 Å². The molecule has 3 aromatic rings. The van der Waals surface area contributed by atoms with Gasteiger partial charge in [0.25, 0.3) is 5.91 Å². The third-order valence-corrected chi connectivity index (χ3v) is 8.20. The van der Waals surface area contributed by atoms with Crippen LogP contribution in [0.4, 0.5) is 5.69 Å². The highest BCUT2D eigenvalue weighted by atomic mass is 35.5. The van der Waals surface area contributed by atoms with Gasteiger partial charge in [-0.1, -0.05) is 97.9 Å². The zero-order valence-corrected chi connectivity index (χ0v) is 26.1. The number of rotatable bonds is 10. The first-order valence-corrected chi connectivity index (χ1v) is 15.3. The molecule has 0 radical (unpaired) electrons. The maximum Gasteiger partial charge on any atom is 0.338 e. The van der Waals surface area contributed by atoms with Gasteiger partial charge in [0.2, 0.25) is 5.91 Å². The molecule has 1 N–H and O–H groups in total. The lowest BCUT2D eigenvalue weighted by Gasteiger charge is -2.23. The number of aryl methyl sites for hydroxylation is 1. The first-order valence-electron chi connectivity index (χ1n) is 13.9. The van der Waals surface area contributed by atoms with Gasteiger partial charge in [0.1, 0.15) is 6.10 Å². The van der Waals surface area contributed by atoms with Gasteiger partial charge in [-0.05, 0) is 49.3 Å². The summed E-state index contributed by atoms with van der Waals surface area (Å²) in [5, 5.41) is 3.88. The molecule has 1 aliphatic heterocycles. The summed E-state index contributed by atoms with van der Waals surface area (Å²) >= 11 is 7.39. The van der Waals surface area contributed by atoms with Crippen LogP contribution in [0.3, 0.4) is 0 Å². The molecular formula is C33H38ClN3O4S. The Morgan fingerprint density at radius 3 is 2.24 bits per heavy atom. The van der Waals surface area contributed by atoms with E-state index in [9.17, 15) is 14.4 Å². The maximum absolute atomic E-state index is 12.4. The van der Waals surface area contributed by atoms with Crippen molar-refractivity contribution in [1.82, 2.24) is 9.80 Å². The number of carbonyl (C=O) groups is 3. The molecule has 9 heteroatoms. The highest BCUT2D eigenvalue weighted by molar-refractivity contribution is 8.04. The van der Waals surface area contributed by atoms with E-state index in [-0.39, 0.29) is 23.9 Å². The lowest BCUT2D eigenvalue weighted by Crippen LogP contribution is -2.26. The van der Waals surface area contributed by atoms with Gasteiger partial charge in [-0.3, -0.25) is 9.59 Å². The van der Waals surface area contributed by atoms with Gasteiger partial charge in [0.15, 0.2) is 0 Å². The van der Waals surface area contributed by atoms with Crippen LogP contribution in [0.25, 0.3) is 0 Å². The Morgan fingerprint density at radius 2 is 1.67 bits per heavy atom. The van der Waals surface area contributed by atoms with Crippen LogP contribution in [-0.4, -0.2) is 60.0 Å². The average Bonchev–Trinajstić information content (AvgIpc) is 3.32. The Hall–Kier alpha value is -3.59. The molecule has 0 saturated carbocycles.